The summed E-state index contributed by atoms with van der Waals surface area (Å²) in [6.07, 6.45) is 0. The Kier molecular flexibility index (Phi) is 5.48. The van der Waals surface area contributed by atoms with Crippen LogP contribution in [0.2, 0.25) is 0 Å². The molecule has 3 heteroatoms. The molecule has 0 aromatic heterocycles. The van der Waals surface area contributed by atoms with Gasteiger partial charge in [0, 0.05) is 36.6 Å². The Morgan fingerprint density at radius 1 is 1.10 bits per heavy atom. The maximum Gasteiger partial charge on any atom is 0.120 e. The number of hydrogen-bond donors (Lipinski definition) is 0. The summed E-state index contributed by atoms with van der Waals surface area (Å²) in [6.45, 7) is 0.961. The van der Waals surface area contributed by atoms with E-state index >= 15 is 0 Å². The molecule has 2 aromatic carbocycles. The van der Waals surface area contributed by atoms with Crippen molar-refractivity contribution in [1.29, 1.82) is 0 Å². The lowest BCUT2D eigenvalue weighted by atomic mass is 10.0. The minimum atomic E-state index is 0.465. The average Bonchev–Trinajstić information content (AvgIpc) is 2.53. The maximum absolute atomic E-state index is 5.29. The summed E-state index contributed by atoms with van der Waals surface area (Å²) in [7, 11) is 3.82. The molecule has 0 aliphatic rings. The van der Waals surface area contributed by atoms with Crippen molar-refractivity contribution in [2.24, 2.45) is 0 Å². The van der Waals surface area contributed by atoms with Gasteiger partial charge in [0.1, 0.15) is 5.75 Å². The number of benzene rings is 2. The highest BCUT2D eigenvalue weighted by Gasteiger charge is 2.13. The van der Waals surface area contributed by atoms with E-state index in [0.29, 0.717) is 5.92 Å². The molecule has 0 saturated heterocycles. The summed E-state index contributed by atoms with van der Waals surface area (Å²) in [5.74, 6) is 1.36. The van der Waals surface area contributed by atoms with Crippen LogP contribution in [0.4, 0.5) is 5.69 Å². The monoisotopic (exact) mass is 333 g/mol. The predicted molar refractivity (Wildman–Crippen MR) is 89.2 cm³/mol. The highest BCUT2D eigenvalue weighted by Crippen LogP contribution is 2.24. The lowest BCUT2D eigenvalue weighted by Crippen LogP contribution is -2.25. The molecule has 0 fully saturated rings. The van der Waals surface area contributed by atoms with E-state index in [1.807, 2.05) is 12.1 Å². The van der Waals surface area contributed by atoms with Crippen LogP contribution < -0.4 is 9.64 Å². The van der Waals surface area contributed by atoms with Gasteiger partial charge in [-0.3, -0.25) is 0 Å². The average molecular weight is 334 g/mol. The zero-order chi connectivity index (χ0) is 14.4. The predicted octanol–water partition coefficient (Wildman–Crippen LogP) is 4.31. The third kappa shape index (κ3) is 3.76. The summed E-state index contributed by atoms with van der Waals surface area (Å²) in [4.78, 5) is 2.27. The summed E-state index contributed by atoms with van der Waals surface area (Å²) in [5.41, 5.74) is 2.53. The molecular formula is C17H20BrNO. The van der Waals surface area contributed by atoms with Gasteiger partial charge >= 0.3 is 0 Å². The highest BCUT2D eigenvalue weighted by molar-refractivity contribution is 9.09. The first kappa shape index (κ1) is 14.9. The lowest BCUT2D eigenvalue weighted by molar-refractivity contribution is 0.415. The van der Waals surface area contributed by atoms with Gasteiger partial charge in [-0.05, 0) is 17.7 Å². The van der Waals surface area contributed by atoms with Crippen LogP contribution >= 0.6 is 15.9 Å². The molecule has 106 valence electrons. The summed E-state index contributed by atoms with van der Waals surface area (Å²) in [6, 6.07) is 18.8. The topological polar surface area (TPSA) is 12.5 Å². The fourth-order valence-corrected chi connectivity index (χ4v) is 2.83. The smallest absolute Gasteiger partial charge is 0.120 e. The van der Waals surface area contributed by atoms with E-state index in [1.165, 1.54) is 11.3 Å². The molecule has 1 unspecified atom stereocenters. The number of alkyl halides is 1. The summed E-state index contributed by atoms with van der Waals surface area (Å²) >= 11 is 3.63. The number of anilines is 1. The fourth-order valence-electron chi connectivity index (χ4n) is 2.25. The van der Waals surface area contributed by atoms with E-state index in [4.69, 9.17) is 4.74 Å². The first-order valence-electron chi connectivity index (χ1n) is 6.70. The number of methoxy groups -OCH3 is 1. The third-order valence-electron chi connectivity index (χ3n) is 3.45. The molecule has 2 rings (SSSR count). The van der Waals surface area contributed by atoms with Gasteiger partial charge in [-0.15, -0.1) is 0 Å². The van der Waals surface area contributed by atoms with E-state index < -0.39 is 0 Å². The van der Waals surface area contributed by atoms with Crippen molar-refractivity contribution < 1.29 is 4.74 Å². The van der Waals surface area contributed by atoms with Gasteiger partial charge in [0.2, 0.25) is 0 Å². The number of nitrogens with zero attached hydrogens (tertiary/aromatic N) is 1. The van der Waals surface area contributed by atoms with Crippen molar-refractivity contribution in [3.8, 4) is 5.75 Å². The Labute approximate surface area is 129 Å². The minimum Gasteiger partial charge on any atom is -0.497 e. The van der Waals surface area contributed by atoms with Crippen LogP contribution in [0, 0.1) is 0 Å². The lowest BCUT2D eigenvalue weighted by Gasteiger charge is -2.25. The molecule has 0 spiro atoms. The van der Waals surface area contributed by atoms with E-state index in [0.717, 1.165) is 17.6 Å². The molecule has 0 heterocycles. The molecule has 0 radical (unpaired) electrons. The van der Waals surface area contributed by atoms with Crippen LogP contribution in [0.1, 0.15) is 11.5 Å². The fraction of sp³-hybridized carbons (Fsp3) is 0.294. The molecule has 0 bridgehead atoms. The molecule has 2 aromatic rings. The zero-order valence-electron chi connectivity index (χ0n) is 11.9. The quantitative estimate of drug-likeness (QED) is 0.730. The van der Waals surface area contributed by atoms with Crippen molar-refractivity contribution >= 4 is 21.6 Å². The zero-order valence-corrected chi connectivity index (χ0v) is 13.5. The minimum absolute atomic E-state index is 0.465. The van der Waals surface area contributed by atoms with E-state index in [2.05, 4.69) is 70.3 Å². The van der Waals surface area contributed by atoms with Gasteiger partial charge in [-0.1, -0.05) is 52.3 Å². The van der Waals surface area contributed by atoms with Crippen LogP contribution in [-0.2, 0) is 0 Å². The normalized spacial score (nSPS) is 11.9. The van der Waals surface area contributed by atoms with E-state index in [1.54, 1.807) is 7.11 Å². The van der Waals surface area contributed by atoms with Crippen LogP contribution in [0.5, 0.6) is 5.75 Å². The van der Waals surface area contributed by atoms with Gasteiger partial charge in [-0.25, -0.2) is 0 Å². The molecule has 0 saturated carbocycles. The Hall–Kier alpha value is -1.48. The molecular weight excluding hydrogens is 314 g/mol. The summed E-state index contributed by atoms with van der Waals surface area (Å²) < 4.78 is 5.29. The SMILES string of the molecule is COc1cccc(N(C)CC(CBr)c2ccccc2)c1. The molecule has 0 aliphatic carbocycles. The van der Waals surface area contributed by atoms with Crippen molar-refractivity contribution in [2.45, 2.75) is 5.92 Å². The van der Waals surface area contributed by atoms with Crippen LogP contribution in [0.3, 0.4) is 0 Å². The molecule has 20 heavy (non-hydrogen) atoms. The molecule has 0 N–H and O–H groups in total. The van der Waals surface area contributed by atoms with Crippen molar-refractivity contribution in [2.75, 3.05) is 30.9 Å². The maximum atomic E-state index is 5.29. The van der Waals surface area contributed by atoms with Crippen LogP contribution in [0.25, 0.3) is 0 Å². The second-order valence-corrected chi connectivity index (χ2v) is 5.49. The number of rotatable bonds is 6. The first-order valence-corrected chi connectivity index (χ1v) is 7.83. The van der Waals surface area contributed by atoms with Crippen molar-refractivity contribution in [3.63, 3.8) is 0 Å². The molecule has 1 atom stereocenters. The molecule has 0 aliphatic heterocycles. The second kappa shape index (κ2) is 7.34. The second-order valence-electron chi connectivity index (χ2n) is 4.84. The largest absolute Gasteiger partial charge is 0.497 e. The van der Waals surface area contributed by atoms with Gasteiger partial charge in [-0.2, -0.15) is 0 Å². The third-order valence-corrected chi connectivity index (χ3v) is 4.23. The molecule has 2 nitrogen and oxygen atoms in total. The molecule has 0 amide bonds. The highest BCUT2D eigenvalue weighted by atomic mass is 79.9. The van der Waals surface area contributed by atoms with Crippen LogP contribution in [0.15, 0.2) is 54.6 Å². The van der Waals surface area contributed by atoms with Gasteiger partial charge < -0.3 is 9.64 Å². The summed E-state index contributed by atoms with van der Waals surface area (Å²) in [5, 5.41) is 0.950. The van der Waals surface area contributed by atoms with E-state index in [-0.39, 0.29) is 0 Å². The van der Waals surface area contributed by atoms with Crippen molar-refractivity contribution in [1.82, 2.24) is 0 Å². The Balaban J connectivity index is 2.11. The number of ether oxygens (including phenoxy) is 1. The van der Waals surface area contributed by atoms with E-state index in [9.17, 15) is 0 Å². The Morgan fingerprint density at radius 2 is 1.85 bits per heavy atom. The Bertz CT molecular complexity index is 530. The van der Waals surface area contributed by atoms with Gasteiger partial charge in [0.15, 0.2) is 0 Å². The van der Waals surface area contributed by atoms with Crippen LogP contribution in [-0.4, -0.2) is 26.0 Å². The van der Waals surface area contributed by atoms with Crippen molar-refractivity contribution in [3.05, 3.63) is 60.2 Å². The van der Waals surface area contributed by atoms with Gasteiger partial charge in [0.05, 0.1) is 7.11 Å². The number of hydrogen-bond acceptors (Lipinski definition) is 2. The Morgan fingerprint density at radius 3 is 2.50 bits per heavy atom. The number of halogens is 1. The first-order chi connectivity index (χ1) is 9.74. The van der Waals surface area contributed by atoms with Gasteiger partial charge in [0.25, 0.3) is 0 Å². The number of likely N-dealkylation sites (N-methyl/N-ethyl adjacent to an activating group) is 1. The standard InChI is InChI=1S/C17H20BrNO/c1-19(16-9-6-10-17(11-16)20-2)13-15(12-18)14-7-4-3-5-8-14/h3-11,15H,12-13H2,1-2H3.